The quantitative estimate of drug-likeness (QED) is 0.741. The predicted octanol–water partition coefficient (Wildman–Crippen LogP) is 3.88. The van der Waals surface area contributed by atoms with Crippen molar-refractivity contribution in [1.82, 2.24) is 0 Å². The van der Waals surface area contributed by atoms with Crippen LogP contribution in [0.25, 0.3) is 0 Å². The summed E-state index contributed by atoms with van der Waals surface area (Å²) in [6.07, 6.45) is 0.747. The van der Waals surface area contributed by atoms with Crippen molar-refractivity contribution in [2.45, 2.75) is 20.3 Å². The molecule has 0 radical (unpaired) electrons. The van der Waals surface area contributed by atoms with E-state index in [-0.39, 0.29) is 0 Å². The molecule has 4 heteroatoms. The summed E-state index contributed by atoms with van der Waals surface area (Å²) < 4.78 is 11.0. The molecule has 2 aromatic carbocycles. The Labute approximate surface area is 113 Å². The maximum absolute atomic E-state index is 9.87. The normalized spacial score (nSPS) is 14.5. The highest BCUT2D eigenvalue weighted by molar-refractivity contribution is 7.41. The summed E-state index contributed by atoms with van der Waals surface area (Å²) in [5.74, 6) is 1.40. The number of hydrogen-bond donors (Lipinski definition) is 1. The third kappa shape index (κ3) is 2.58. The Morgan fingerprint density at radius 3 is 1.84 bits per heavy atom. The molecule has 0 saturated heterocycles. The van der Waals surface area contributed by atoms with Crippen LogP contribution >= 0.6 is 8.60 Å². The van der Waals surface area contributed by atoms with Gasteiger partial charge in [0.05, 0.1) is 0 Å². The zero-order valence-corrected chi connectivity index (χ0v) is 11.8. The molecule has 1 N–H and O–H groups in total. The van der Waals surface area contributed by atoms with E-state index < -0.39 is 8.60 Å². The van der Waals surface area contributed by atoms with Gasteiger partial charge in [0, 0.05) is 6.42 Å². The molecule has 0 saturated carbocycles. The average molecular weight is 274 g/mol. The van der Waals surface area contributed by atoms with Gasteiger partial charge in [-0.25, -0.2) is 0 Å². The monoisotopic (exact) mass is 274 g/mol. The van der Waals surface area contributed by atoms with Gasteiger partial charge < -0.3 is 13.9 Å². The van der Waals surface area contributed by atoms with Gasteiger partial charge >= 0.3 is 8.60 Å². The molecule has 98 valence electrons. The predicted molar refractivity (Wildman–Crippen MR) is 75.6 cm³/mol. The summed E-state index contributed by atoms with van der Waals surface area (Å²) in [5.41, 5.74) is 4.52. The second-order valence-corrected chi connectivity index (χ2v) is 5.66. The molecule has 1 aliphatic rings. The van der Waals surface area contributed by atoms with Crippen molar-refractivity contribution in [3.8, 4) is 11.5 Å². The summed E-state index contributed by atoms with van der Waals surface area (Å²) in [4.78, 5) is 9.87. The third-order valence-electron chi connectivity index (χ3n) is 3.17. The van der Waals surface area contributed by atoms with Crippen LogP contribution in [0.1, 0.15) is 22.3 Å². The van der Waals surface area contributed by atoms with Gasteiger partial charge in [-0.05, 0) is 37.1 Å². The Hall–Kier alpha value is -1.57. The highest BCUT2D eigenvalue weighted by Gasteiger charge is 2.20. The number of rotatable bonds is 0. The third-order valence-corrected chi connectivity index (χ3v) is 3.87. The highest BCUT2D eigenvalue weighted by atomic mass is 31.2. The number of benzene rings is 2. The Morgan fingerprint density at radius 2 is 1.37 bits per heavy atom. The SMILES string of the molecule is Cc1ccc2c(c1)Cc1cc(C)ccc1OP(O)O2. The first-order chi connectivity index (χ1) is 9.11. The van der Waals surface area contributed by atoms with Crippen LogP contribution in [0.2, 0.25) is 0 Å². The van der Waals surface area contributed by atoms with Gasteiger partial charge in [0.2, 0.25) is 0 Å². The second-order valence-electron chi connectivity index (χ2n) is 4.82. The summed E-state index contributed by atoms with van der Waals surface area (Å²) in [7, 11) is -1.93. The van der Waals surface area contributed by atoms with Crippen LogP contribution in [-0.4, -0.2) is 4.89 Å². The Balaban J connectivity index is 2.11. The lowest BCUT2D eigenvalue weighted by Crippen LogP contribution is -2.04. The minimum atomic E-state index is -1.93. The van der Waals surface area contributed by atoms with E-state index in [1.807, 2.05) is 24.3 Å². The van der Waals surface area contributed by atoms with E-state index in [0.29, 0.717) is 11.5 Å². The van der Waals surface area contributed by atoms with E-state index in [1.54, 1.807) is 0 Å². The molecular formula is C15H15O3P. The molecule has 0 atom stereocenters. The summed E-state index contributed by atoms with van der Waals surface area (Å²) in [6, 6.07) is 11.9. The topological polar surface area (TPSA) is 38.7 Å². The molecule has 1 heterocycles. The van der Waals surface area contributed by atoms with Gasteiger partial charge in [-0.15, -0.1) is 0 Å². The van der Waals surface area contributed by atoms with Crippen LogP contribution < -0.4 is 9.05 Å². The van der Waals surface area contributed by atoms with E-state index in [9.17, 15) is 4.89 Å². The molecule has 0 aliphatic carbocycles. The number of aryl methyl sites for hydroxylation is 2. The van der Waals surface area contributed by atoms with Gasteiger partial charge in [-0.2, -0.15) is 0 Å². The fraction of sp³-hybridized carbons (Fsp3) is 0.200. The van der Waals surface area contributed by atoms with Crippen LogP contribution in [0.4, 0.5) is 0 Å². The molecule has 3 nitrogen and oxygen atoms in total. The van der Waals surface area contributed by atoms with E-state index >= 15 is 0 Å². The largest absolute Gasteiger partial charge is 0.460 e. The lowest BCUT2D eigenvalue weighted by molar-refractivity contribution is 0.375. The van der Waals surface area contributed by atoms with Crippen LogP contribution in [0.3, 0.4) is 0 Å². The standard InChI is InChI=1S/C15H15O3P/c1-10-3-5-14-12(7-10)9-13-8-11(2)4-6-15(13)18-19(16)17-14/h3-8,16H,9H2,1-2H3. The molecule has 19 heavy (non-hydrogen) atoms. The fourth-order valence-corrected chi connectivity index (χ4v) is 2.99. The van der Waals surface area contributed by atoms with Gasteiger partial charge in [0.15, 0.2) is 0 Å². The molecule has 1 aliphatic heterocycles. The molecule has 2 aromatic rings. The van der Waals surface area contributed by atoms with E-state index in [2.05, 4.69) is 26.0 Å². The van der Waals surface area contributed by atoms with Crippen LogP contribution in [-0.2, 0) is 6.42 Å². The molecule has 0 bridgehead atoms. The Morgan fingerprint density at radius 1 is 0.895 bits per heavy atom. The van der Waals surface area contributed by atoms with Crippen molar-refractivity contribution in [3.05, 3.63) is 58.7 Å². The summed E-state index contributed by atoms with van der Waals surface area (Å²) in [5, 5.41) is 0. The van der Waals surface area contributed by atoms with Crippen LogP contribution in [0.5, 0.6) is 11.5 Å². The average Bonchev–Trinajstić information content (AvgIpc) is 2.34. The molecule has 0 unspecified atom stereocenters. The highest BCUT2D eigenvalue weighted by Crippen LogP contribution is 2.43. The molecule has 0 fully saturated rings. The lowest BCUT2D eigenvalue weighted by atomic mass is 10.00. The van der Waals surface area contributed by atoms with Gasteiger partial charge in [0.1, 0.15) is 11.5 Å². The lowest BCUT2D eigenvalue weighted by Gasteiger charge is -2.21. The van der Waals surface area contributed by atoms with E-state index in [4.69, 9.17) is 9.05 Å². The first-order valence-electron chi connectivity index (χ1n) is 6.16. The minimum Gasteiger partial charge on any atom is -0.418 e. The zero-order valence-electron chi connectivity index (χ0n) is 10.9. The van der Waals surface area contributed by atoms with Crippen molar-refractivity contribution < 1.29 is 13.9 Å². The van der Waals surface area contributed by atoms with Crippen molar-refractivity contribution in [2.24, 2.45) is 0 Å². The summed E-state index contributed by atoms with van der Waals surface area (Å²) >= 11 is 0. The first kappa shape index (κ1) is 12.5. The van der Waals surface area contributed by atoms with Gasteiger partial charge in [0.25, 0.3) is 0 Å². The maximum Gasteiger partial charge on any atom is 0.460 e. The van der Waals surface area contributed by atoms with Crippen molar-refractivity contribution in [1.29, 1.82) is 0 Å². The minimum absolute atomic E-state index is 0.700. The Kier molecular flexibility index (Phi) is 3.17. The van der Waals surface area contributed by atoms with E-state index in [0.717, 1.165) is 17.5 Å². The second kappa shape index (κ2) is 4.84. The number of hydrogen-bond acceptors (Lipinski definition) is 3. The first-order valence-corrected chi connectivity index (χ1v) is 7.29. The van der Waals surface area contributed by atoms with Gasteiger partial charge in [-0.3, -0.25) is 0 Å². The zero-order chi connectivity index (χ0) is 13.4. The molecule has 0 spiro atoms. The number of fused-ring (bicyclic) bond motifs is 2. The Bertz CT molecular complexity index is 571. The molecule has 3 rings (SSSR count). The molecule has 0 amide bonds. The van der Waals surface area contributed by atoms with Crippen LogP contribution in [0, 0.1) is 13.8 Å². The smallest absolute Gasteiger partial charge is 0.418 e. The van der Waals surface area contributed by atoms with Crippen molar-refractivity contribution in [2.75, 3.05) is 0 Å². The van der Waals surface area contributed by atoms with E-state index in [1.165, 1.54) is 11.1 Å². The van der Waals surface area contributed by atoms with Gasteiger partial charge in [-0.1, -0.05) is 35.4 Å². The summed E-state index contributed by atoms with van der Waals surface area (Å²) in [6.45, 7) is 4.10. The molecule has 0 aromatic heterocycles. The molecular weight excluding hydrogens is 259 g/mol. The maximum atomic E-state index is 9.87. The van der Waals surface area contributed by atoms with Crippen LogP contribution in [0.15, 0.2) is 36.4 Å². The van der Waals surface area contributed by atoms with Crippen molar-refractivity contribution >= 4 is 8.60 Å². The van der Waals surface area contributed by atoms with Crippen molar-refractivity contribution in [3.63, 3.8) is 0 Å². The fourth-order valence-electron chi connectivity index (χ4n) is 2.26.